The highest BCUT2D eigenvalue weighted by Crippen LogP contribution is 2.28. The van der Waals surface area contributed by atoms with E-state index in [1.54, 1.807) is 19.2 Å². The monoisotopic (exact) mass is 344 g/mol. The number of ether oxygens (including phenoxy) is 1. The summed E-state index contributed by atoms with van der Waals surface area (Å²) in [5.41, 5.74) is 1.57. The van der Waals surface area contributed by atoms with Crippen molar-refractivity contribution in [2.75, 3.05) is 19.0 Å². The van der Waals surface area contributed by atoms with Crippen molar-refractivity contribution in [1.82, 2.24) is 5.32 Å². The zero-order valence-corrected chi connectivity index (χ0v) is 14.6. The Bertz CT molecular complexity index is 714. The van der Waals surface area contributed by atoms with Crippen molar-refractivity contribution in [2.45, 2.75) is 25.5 Å². The molecule has 4 N–H and O–H groups in total. The molecule has 0 bridgehead atoms. The number of hydrogen-bond acceptors (Lipinski definition) is 5. The van der Waals surface area contributed by atoms with Crippen LogP contribution in [0.25, 0.3) is 0 Å². The van der Waals surface area contributed by atoms with Crippen LogP contribution in [0.4, 0.5) is 5.69 Å². The Morgan fingerprint density at radius 2 is 1.88 bits per heavy atom. The van der Waals surface area contributed by atoms with Crippen molar-refractivity contribution < 1.29 is 19.7 Å². The second kappa shape index (κ2) is 8.00. The molecule has 0 aliphatic heterocycles. The fourth-order valence-corrected chi connectivity index (χ4v) is 2.52. The quantitative estimate of drug-likeness (QED) is 0.436. The van der Waals surface area contributed by atoms with Crippen LogP contribution < -0.4 is 15.4 Å². The smallest absolute Gasteiger partial charge is 0.211 e. The van der Waals surface area contributed by atoms with E-state index in [0.29, 0.717) is 18.5 Å². The third kappa shape index (κ3) is 4.71. The average molecular weight is 344 g/mol. The second-order valence-corrected chi connectivity index (χ2v) is 6.29. The minimum atomic E-state index is -0.787. The highest BCUT2D eigenvalue weighted by Gasteiger charge is 2.21. The van der Waals surface area contributed by atoms with Crippen molar-refractivity contribution in [3.8, 4) is 11.5 Å². The predicted molar refractivity (Wildman–Crippen MR) is 96.8 cm³/mol. The van der Waals surface area contributed by atoms with Crippen LogP contribution in [0.5, 0.6) is 11.5 Å². The van der Waals surface area contributed by atoms with Gasteiger partial charge in [-0.3, -0.25) is 4.79 Å². The molecule has 0 saturated heterocycles. The maximum absolute atomic E-state index is 10.6. The number of phenols is 1. The van der Waals surface area contributed by atoms with Crippen molar-refractivity contribution in [3.05, 3.63) is 53.6 Å². The molecule has 2 aromatic carbocycles. The van der Waals surface area contributed by atoms with E-state index in [1.807, 2.05) is 38.1 Å². The van der Waals surface area contributed by atoms with Crippen LogP contribution in [0.15, 0.2) is 42.5 Å². The topological polar surface area (TPSA) is 90.8 Å². The first-order valence-electron chi connectivity index (χ1n) is 7.98. The summed E-state index contributed by atoms with van der Waals surface area (Å²) in [7, 11) is 1.63. The minimum absolute atomic E-state index is 0.0467. The lowest BCUT2D eigenvalue weighted by Gasteiger charge is -2.29. The molecule has 1 amide bonds. The number of anilines is 1. The fourth-order valence-electron chi connectivity index (χ4n) is 2.52. The highest BCUT2D eigenvalue weighted by atomic mass is 16.5. The van der Waals surface area contributed by atoms with E-state index >= 15 is 0 Å². The molecule has 6 nitrogen and oxygen atoms in total. The number of methoxy groups -OCH3 is 1. The van der Waals surface area contributed by atoms with Gasteiger partial charge >= 0.3 is 0 Å². The molecule has 0 fully saturated rings. The van der Waals surface area contributed by atoms with Crippen molar-refractivity contribution in [3.63, 3.8) is 0 Å². The van der Waals surface area contributed by atoms with Crippen LogP contribution in [-0.2, 0) is 10.3 Å². The number of amides is 1. The van der Waals surface area contributed by atoms with Crippen molar-refractivity contribution in [2.24, 2.45) is 0 Å². The number of benzene rings is 2. The molecule has 0 radical (unpaired) electrons. The highest BCUT2D eigenvalue weighted by molar-refractivity contribution is 5.75. The van der Waals surface area contributed by atoms with Crippen LogP contribution in [0.3, 0.4) is 0 Å². The summed E-state index contributed by atoms with van der Waals surface area (Å²) in [5, 5.41) is 25.8. The molecule has 0 aliphatic carbocycles. The first-order chi connectivity index (χ1) is 11.9. The Hall–Kier alpha value is -2.57. The number of hydrogen-bond donors (Lipinski definition) is 4. The van der Waals surface area contributed by atoms with Gasteiger partial charge in [0.25, 0.3) is 0 Å². The van der Waals surface area contributed by atoms with E-state index in [1.165, 1.54) is 6.07 Å². The fraction of sp³-hybridized carbons (Fsp3) is 0.316. The maximum Gasteiger partial charge on any atom is 0.211 e. The average Bonchev–Trinajstić information content (AvgIpc) is 2.62. The molecule has 134 valence electrons. The summed E-state index contributed by atoms with van der Waals surface area (Å²) in [5.74, 6) is 0.744. The Balaban J connectivity index is 2.05. The molecule has 0 spiro atoms. The van der Waals surface area contributed by atoms with Crippen LogP contribution in [0.2, 0.25) is 0 Å². The number of aliphatic hydroxyl groups is 1. The van der Waals surface area contributed by atoms with Gasteiger partial charge in [0.05, 0.1) is 18.9 Å². The molecule has 1 unspecified atom stereocenters. The predicted octanol–water partition coefficient (Wildman–Crippen LogP) is 2.53. The molecule has 25 heavy (non-hydrogen) atoms. The van der Waals surface area contributed by atoms with Gasteiger partial charge in [-0.2, -0.15) is 0 Å². The minimum Gasteiger partial charge on any atom is -0.506 e. The lowest BCUT2D eigenvalue weighted by Crippen LogP contribution is -2.39. The van der Waals surface area contributed by atoms with Crippen molar-refractivity contribution in [1.29, 1.82) is 0 Å². The van der Waals surface area contributed by atoms with Gasteiger partial charge in [-0.15, -0.1) is 0 Å². The van der Waals surface area contributed by atoms with E-state index in [4.69, 9.17) is 4.74 Å². The van der Waals surface area contributed by atoms with Gasteiger partial charge in [0.1, 0.15) is 11.5 Å². The lowest BCUT2D eigenvalue weighted by molar-refractivity contribution is -0.105. The van der Waals surface area contributed by atoms with E-state index in [2.05, 4.69) is 10.6 Å². The van der Waals surface area contributed by atoms with Gasteiger partial charge in [-0.1, -0.05) is 18.2 Å². The number of carbonyl (C=O) groups excluding carboxylic acids is 1. The van der Waals surface area contributed by atoms with Gasteiger partial charge in [0, 0.05) is 12.1 Å². The molecule has 2 rings (SSSR count). The molecule has 0 aromatic heterocycles. The summed E-state index contributed by atoms with van der Waals surface area (Å²) in [6.45, 7) is 4.36. The van der Waals surface area contributed by atoms with Crippen LogP contribution >= 0.6 is 0 Å². The lowest BCUT2D eigenvalue weighted by atomic mass is 9.93. The number of rotatable bonds is 8. The zero-order chi connectivity index (χ0) is 18.4. The van der Waals surface area contributed by atoms with Crippen LogP contribution in [0, 0.1) is 0 Å². The summed E-state index contributed by atoms with van der Waals surface area (Å²) in [6.07, 6.45) is -0.304. The molecule has 1 atom stereocenters. The second-order valence-electron chi connectivity index (χ2n) is 6.29. The molecular formula is C19H24N2O4. The SMILES string of the molecule is COc1ccc(C(C)(C)NCC(O)c2ccc(O)c(NC=O)c2)cc1. The summed E-state index contributed by atoms with van der Waals surface area (Å²) in [6, 6.07) is 12.4. The Labute approximate surface area is 147 Å². The summed E-state index contributed by atoms with van der Waals surface area (Å²) >= 11 is 0. The van der Waals surface area contributed by atoms with Gasteiger partial charge in [-0.05, 0) is 49.2 Å². The van der Waals surface area contributed by atoms with E-state index < -0.39 is 6.10 Å². The molecule has 6 heteroatoms. The Kier molecular flexibility index (Phi) is 6.01. The van der Waals surface area contributed by atoms with Gasteiger partial charge in [-0.25, -0.2) is 0 Å². The van der Waals surface area contributed by atoms with Gasteiger partial charge in [0.15, 0.2) is 0 Å². The number of phenolic OH excluding ortho intramolecular Hbond substituents is 1. The van der Waals surface area contributed by atoms with E-state index in [-0.39, 0.29) is 17.0 Å². The Morgan fingerprint density at radius 1 is 1.20 bits per heavy atom. The molecule has 2 aromatic rings. The van der Waals surface area contributed by atoms with Crippen molar-refractivity contribution >= 4 is 12.1 Å². The van der Waals surface area contributed by atoms with Crippen LogP contribution in [0.1, 0.15) is 31.1 Å². The van der Waals surface area contributed by atoms with E-state index in [9.17, 15) is 15.0 Å². The van der Waals surface area contributed by atoms with Crippen LogP contribution in [-0.4, -0.2) is 30.3 Å². The molecule has 0 saturated carbocycles. The molecule has 0 aliphatic rings. The number of carbonyl (C=O) groups is 1. The normalized spacial score (nSPS) is 12.5. The maximum atomic E-state index is 10.6. The number of nitrogens with one attached hydrogen (secondary N) is 2. The molecule has 0 heterocycles. The third-order valence-corrected chi connectivity index (χ3v) is 4.17. The zero-order valence-electron chi connectivity index (χ0n) is 14.6. The third-order valence-electron chi connectivity index (χ3n) is 4.17. The van der Waals surface area contributed by atoms with E-state index in [0.717, 1.165) is 11.3 Å². The van der Waals surface area contributed by atoms with Gasteiger partial charge < -0.3 is 25.6 Å². The molecular weight excluding hydrogens is 320 g/mol. The Morgan fingerprint density at radius 3 is 2.48 bits per heavy atom. The largest absolute Gasteiger partial charge is 0.506 e. The summed E-state index contributed by atoms with van der Waals surface area (Å²) < 4.78 is 5.17. The first-order valence-corrected chi connectivity index (χ1v) is 7.98. The number of aliphatic hydroxyl groups excluding tert-OH is 1. The van der Waals surface area contributed by atoms with Gasteiger partial charge in [0.2, 0.25) is 6.41 Å². The number of aromatic hydroxyl groups is 1. The summed E-state index contributed by atoms with van der Waals surface area (Å²) in [4.78, 5) is 10.6. The first kappa shape index (κ1) is 18.8. The standard InChI is InChI=1S/C19H24N2O4/c1-19(2,14-5-7-15(25-3)8-6-14)21-11-18(24)13-4-9-17(23)16(10-13)20-12-22/h4-10,12,18,21,23-24H,11H2,1-3H3,(H,20,22).